The molecule has 5 aliphatic rings. The summed E-state index contributed by atoms with van der Waals surface area (Å²) in [5.41, 5.74) is 0. The molecule has 0 saturated carbocycles. The van der Waals surface area contributed by atoms with E-state index < -0.39 is 97.0 Å². The van der Waals surface area contributed by atoms with Crippen molar-refractivity contribution in [1.82, 2.24) is 42.1 Å². The van der Waals surface area contributed by atoms with E-state index in [9.17, 15) is 67.1 Å². The number of carbonyl (C=O) groups excluding carboxylic acids is 14. The lowest BCUT2D eigenvalue weighted by molar-refractivity contribution is -0.255. The summed E-state index contributed by atoms with van der Waals surface area (Å²) < 4.78 is 90.3. The Hall–Kier alpha value is -7.58. The van der Waals surface area contributed by atoms with Crippen LogP contribution in [0.25, 0.3) is 0 Å². The lowest BCUT2D eigenvalue weighted by atomic mass is 9.79. The van der Waals surface area contributed by atoms with Gasteiger partial charge in [-0.25, -0.2) is 0 Å². The molecule has 0 aromatic rings. The van der Waals surface area contributed by atoms with E-state index >= 15 is 0 Å². The van der Waals surface area contributed by atoms with Crippen LogP contribution in [0.2, 0.25) is 0 Å². The predicted molar refractivity (Wildman–Crippen MR) is 510 cm³/mol. The second-order valence-electron chi connectivity index (χ2n) is 38.1. The Morgan fingerprint density at radius 3 is 1.00 bits per heavy atom. The number of Topliss-reactive ketones (excluding diaryl/α,β-unsaturated/α-hetero) is 1. The van der Waals surface area contributed by atoms with E-state index in [-0.39, 0.29) is 273 Å². The largest absolute Gasteiger partial charge is 0.463 e. The van der Waals surface area contributed by atoms with Crippen LogP contribution in [0.3, 0.4) is 0 Å². The number of carbonyl (C=O) groups is 14. The predicted octanol–water partition coefficient (Wildman–Crippen LogP) is 11.0. The second kappa shape index (κ2) is 66.1. The molecule has 5 saturated heterocycles. The van der Waals surface area contributed by atoms with Crippen LogP contribution in [-0.4, -0.2) is 267 Å². The highest BCUT2D eigenvalue weighted by molar-refractivity contribution is 5.92. The monoisotopic (exact) mass is 1930 g/mol. The number of likely N-dealkylation sites (tertiary alicyclic amines) is 1. The molecule has 8 amide bonds. The van der Waals surface area contributed by atoms with E-state index in [0.717, 1.165) is 0 Å². The van der Waals surface area contributed by atoms with E-state index in [1.165, 1.54) is 41.7 Å². The van der Waals surface area contributed by atoms with Crippen LogP contribution in [0.5, 0.6) is 0 Å². The third-order valence-corrected chi connectivity index (χ3v) is 27.7. The number of ether oxygens (including phenoxy) is 13. The van der Waals surface area contributed by atoms with Gasteiger partial charge < -0.3 is 114 Å². The van der Waals surface area contributed by atoms with Crippen LogP contribution in [0.15, 0.2) is 0 Å². The maximum absolute atomic E-state index is 14.9. The molecular formula is C99H180N8O28. The minimum Gasteiger partial charge on any atom is -0.463 e. The van der Waals surface area contributed by atoms with E-state index in [1.807, 2.05) is 6.92 Å². The molecule has 5 heterocycles. The normalized spacial score (nSPS) is 27.4. The first-order valence-electron chi connectivity index (χ1n) is 51.2. The highest BCUT2D eigenvalue weighted by Crippen LogP contribution is 2.40. The first-order valence-corrected chi connectivity index (χ1v) is 50.1. The Bertz CT molecular complexity index is 3640. The zero-order chi connectivity index (χ0) is 102. The van der Waals surface area contributed by atoms with Gasteiger partial charge in [0.1, 0.15) is 56.4 Å². The molecule has 0 aromatic heterocycles. The maximum Gasteiger partial charge on any atom is 0.306 e. The van der Waals surface area contributed by atoms with Gasteiger partial charge in [-0.15, -0.1) is 0 Å². The molecule has 5 fully saturated rings. The standard InChI is InChI=1S/C98H168N8O27.CH4O.4H2/c1-60-54-78(129-91(117)45-44-61(2)107)55-106(60)90(116)43-20-19-28-48-101-93(119)80(105-94(120)81(104-89(115)42-27-35-53-124-98-73(14)65(6)69(10)85(133-98)59-128-77(18)111)38-22-30-47-100-87(113)40-25-33-51-122-96-71(12)63(4)67(8)83(131-96)57-126-75(16)109)37-23-31-49-102-92(118)79(103-88(114)41-26-34-52-123-97-72(13)64(5)68(9)84(132-97)58-127-76(17)110)36-21-29-46-99-86(112)39-24-32-50-121-95-70(11)62(3)66(7)82(130-95)56-125-74(15)108;1-2;;;;/h60,62-73,78-85,95-98H,19-59H2,1-18H3,(H,99,112)(H,100,113)(H,101,119)(H,102,118)(H,103,114)(H,104,115)(H,105,120);2H,1H3;4*1H/t60-,62?,63?,64?,65?,66-,67-,68-,69-,70+,71+,72+,73+,78-,79?,80?,81?,82?,83?,84?,85?,95-,96-,97-,98-;;;;;/m1...../s1/i1D;2T;;;;. The van der Waals surface area contributed by atoms with Gasteiger partial charge in [0.15, 0.2) is 25.2 Å². The summed E-state index contributed by atoms with van der Waals surface area (Å²) in [7, 11) is 1.29. The Morgan fingerprint density at radius 1 is 0.370 bits per heavy atom. The summed E-state index contributed by atoms with van der Waals surface area (Å²) in [6.07, 6.45) is 5.41. The van der Waals surface area contributed by atoms with Crippen LogP contribution in [0, 0.1) is 71.0 Å². The van der Waals surface area contributed by atoms with Gasteiger partial charge in [-0.3, -0.25) is 62.3 Å². The maximum atomic E-state index is 14.9. The van der Waals surface area contributed by atoms with Crippen molar-refractivity contribution in [3.8, 4) is 0 Å². The molecule has 36 heteroatoms. The number of hydrogen-bond acceptors (Lipinski definition) is 28. The fourth-order valence-electron chi connectivity index (χ4n) is 17.5. The van der Waals surface area contributed by atoms with Crippen LogP contribution >= 0.6 is 0 Å². The summed E-state index contributed by atoms with van der Waals surface area (Å²) in [6.45, 7) is 34.5. The number of amides is 8. The highest BCUT2D eigenvalue weighted by atomic mass is 16.7. The topological polar surface area (TPSA) is 467 Å². The number of hydrogen-bond donors (Lipinski definition) is 8. The Labute approximate surface area is 811 Å². The van der Waals surface area contributed by atoms with Crippen LogP contribution in [-0.2, 0) is 129 Å². The van der Waals surface area contributed by atoms with Crippen molar-refractivity contribution in [3.05, 3.63) is 0 Å². The summed E-state index contributed by atoms with van der Waals surface area (Å²) in [4.78, 5) is 184. The van der Waals surface area contributed by atoms with Crippen LogP contribution < -0.4 is 37.2 Å². The molecule has 0 radical (unpaired) electrons. The van der Waals surface area contributed by atoms with Crippen molar-refractivity contribution in [2.24, 2.45) is 71.0 Å². The van der Waals surface area contributed by atoms with E-state index in [1.54, 1.807) is 4.90 Å². The molecule has 36 nitrogen and oxygen atoms in total. The number of unbranched alkanes of at least 4 members (excludes halogenated alkanes) is 9. The molecule has 5 rings (SSSR count). The van der Waals surface area contributed by atoms with Crippen molar-refractivity contribution < 1.29 is 141 Å². The lowest BCUT2D eigenvalue weighted by Gasteiger charge is -2.43. The van der Waals surface area contributed by atoms with Gasteiger partial charge >= 0.3 is 29.8 Å². The van der Waals surface area contributed by atoms with Gasteiger partial charge in [0.2, 0.25) is 48.7 Å². The SMILES string of the molecule is [2H]C[C@@H]1C[C@@H](OC(=O)CCC(C)=O)CN1C(=O)CCCCCNC(=O)C(CCCCNC(=O)C(CCCCNC(=O)CCCCO[C@@H]1OC(COC(C)=O)[C@H](C)C(C)[C@@H]1C)NC(=O)CCCCO[C@@H]1OC(COC(C)=O)[C@H](C)C(C)[C@@H]1C)NC(=O)C(CCCCNC(=O)CCCCO[C@@H]1OC(COC(C)=O)[C@H](C)C(C)[C@@H]1C)NC(=O)CCCCO[C@@H]1OC(COC(C)=O)[C@H](C)C(C)[C@@H]1C.[3H]OC.[HH].[HH].[HH].[HH]. The van der Waals surface area contributed by atoms with Gasteiger partial charge in [0.25, 0.3) is 0 Å². The molecule has 25 atom stereocenters. The first kappa shape index (κ1) is 116. The number of nitrogens with zero attached hydrogens (tertiary/aromatic N) is 1. The first-order chi connectivity index (χ1) is 65.2. The molecule has 0 aromatic carbocycles. The molecule has 0 bridgehead atoms. The van der Waals surface area contributed by atoms with E-state index in [4.69, 9.17) is 64.4 Å². The molecular weight excluding hydrogens is 1750 g/mol. The molecule has 784 valence electrons. The minimum absolute atomic E-state index is 0. The molecule has 8 N–H and O–H groups in total. The summed E-state index contributed by atoms with van der Waals surface area (Å²) in [6, 6.07) is -3.67. The second-order valence-corrected chi connectivity index (χ2v) is 38.1. The van der Waals surface area contributed by atoms with Gasteiger partial charge in [-0.1, -0.05) is 89.5 Å². The smallest absolute Gasteiger partial charge is 0.306 e. The third-order valence-electron chi connectivity index (χ3n) is 27.7. The van der Waals surface area contributed by atoms with Crippen LogP contribution in [0.4, 0.5) is 0 Å². The van der Waals surface area contributed by atoms with Gasteiger partial charge in [0, 0.05) is 169 Å². The zero-order valence-electron chi connectivity index (χ0n) is 86.5. The summed E-state index contributed by atoms with van der Waals surface area (Å²) in [5, 5.41) is 24.2. The molecule has 5 aliphatic heterocycles. The van der Waals surface area contributed by atoms with Gasteiger partial charge in [0.05, 0.1) is 37.4 Å². The average molecular weight is 1930 g/mol. The summed E-state index contributed by atoms with van der Waals surface area (Å²) >= 11 is 0. The number of esters is 5. The van der Waals surface area contributed by atoms with Crippen molar-refractivity contribution in [1.29, 1.82) is 1.43 Å². The molecule has 11 unspecified atom stereocenters. The molecule has 0 spiro atoms. The molecule has 0 aliphatic carbocycles. The number of rotatable bonds is 63. The van der Waals surface area contributed by atoms with Crippen molar-refractivity contribution in [3.63, 3.8) is 0 Å². The Kier molecular flexibility index (Phi) is 56.9. The van der Waals surface area contributed by atoms with Crippen molar-refractivity contribution >= 4 is 82.9 Å². The van der Waals surface area contributed by atoms with Crippen molar-refractivity contribution in [2.45, 2.75) is 384 Å². The van der Waals surface area contributed by atoms with E-state index in [2.05, 4.69) is 118 Å². The zero-order valence-corrected chi connectivity index (χ0v) is 84.5. The number of nitrogens with one attached hydrogen (secondary N) is 7. The molecule has 135 heavy (non-hydrogen) atoms. The Morgan fingerprint density at radius 2 is 0.674 bits per heavy atom. The van der Waals surface area contributed by atoms with Gasteiger partial charge in [-0.2, -0.15) is 0 Å². The average Bonchev–Trinajstić information content (AvgIpc) is 1.68. The fraction of sp³-hybridized carbons (Fsp3) is 0.859. The Balaban J connectivity index is 0.0000276. The quantitative estimate of drug-likeness (QED) is 0.0159. The number of ketones is 1. The number of aliphatic hydroxyl groups excluding tert-OH is 1. The minimum atomic E-state index is -1.14. The summed E-state index contributed by atoms with van der Waals surface area (Å²) in [5.74, 6) is -3.44. The lowest BCUT2D eigenvalue weighted by Crippen LogP contribution is -2.53. The fourth-order valence-corrected chi connectivity index (χ4v) is 17.5. The highest BCUT2D eigenvalue weighted by Gasteiger charge is 2.45. The van der Waals surface area contributed by atoms with Gasteiger partial charge in [-0.05, 0) is 183 Å². The van der Waals surface area contributed by atoms with Crippen LogP contribution in [0.1, 0.15) is 311 Å². The number of aliphatic hydroxyl groups is 1. The van der Waals surface area contributed by atoms with Crippen molar-refractivity contribution in [2.75, 3.05) is 92.7 Å². The third kappa shape index (κ3) is 45.9. The van der Waals surface area contributed by atoms with E-state index in [0.29, 0.717) is 142 Å².